The molecule has 0 aliphatic carbocycles. The van der Waals surface area contributed by atoms with Crippen molar-refractivity contribution in [1.29, 1.82) is 0 Å². The molecule has 110 valence electrons. The average Bonchev–Trinajstić information content (AvgIpc) is 2.54. The molecule has 0 aliphatic heterocycles. The van der Waals surface area contributed by atoms with Gasteiger partial charge in [-0.25, -0.2) is 4.79 Å². The maximum Gasteiger partial charge on any atom is 0.316 e. The van der Waals surface area contributed by atoms with Crippen LogP contribution in [0.5, 0.6) is 0 Å². The quantitative estimate of drug-likeness (QED) is 0.734. The summed E-state index contributed by atoms with van der Waals surface area (Å²) in [6.45, 7) is 2.14. The molecule has 0 heterocycles. The number of para-hydroxylation sites is 1. The van der Waals surface area contributed by atoms with Gasteiger partial charge in [-0.05, 0) is 28.0 Å². The van der Waals surface area contributed by atoms with Gasteiger partial charge in [-0.3, -0.25) is 0 Å². The van der Waals surface area contributed by atoms with E-state index in [1.54, 1.807) is 0 Å². The Bertz CT molecular complexity index is 821. The van der Waals surface area contributed by atoms with Crippen LogP contribution in [0.15, 0.2) is 66.7 Å². The Morgan fingerprint density at radius 1 is 0.909 bits per heavy atom. The molecule has 0 aromatic heterocycles. The van der Waals surface area contributed by atoms with Crippen molar-refractivity contribution in [2.24, 2.45) is 5.73 Å². The molecular weight excluding hydrogens is 272 g/mol. The van der Waals surface area contributed by atoms with E-state index in [1.165, 1.54) is 16.3 Å². The van der Waals surface area contributed by atoms with Crippen molar-refractivity contribution in [2.45, 2.75) is 12.8 Å². The van der Waals surface area contributed by atoms with Gasteiger partial charge in [0.25, 0.3) is 0 Å². The molecule has 0 radical (unpaired) electrons. The standard InChI is InChI=1S/C19H18N2O/c1-13(16-9-4-5-12-18(16)21-19(20)22)15-11-6-8-14-7-2-3-10-17(14)15/h2-13H,1H3,(H3,20,21,22). The highest BCUT2D eigenvalue weighted by molar-refractivity contribution is 5.90. The van der Waals surface area contributed by atoms with E-state index in [1.807, 2.05) is 36.4 Å². The number of primary amides is 1. The molecule has 3 N–H and O–H groups in total. The number of carbonyl (C=O) groups is 1. The zero-order valence-electron chi connectivity index (χ0n) is 12.4. The van der Waals surface area contributed by atoms with Crippen LogP contribution >= 0.6 is 0 Å². The van der Waals surface area contributed by atoms with Crippen LogP contribution in [0.4, 0.5) is 10.5 Å². The van der Waals surface area contributed by atoms with Crippen molar-refractivity contribution >= 4 is 22.5 Å². The summed E-state index contributed by atoms with van der Waals surface area (Å²) < 4.78 is 0. The summed E-state index contributed by atoms with van der Waals surface area (Å²) in [6, 6.07) is 21.9. The van der Waals surface area contributed by atoms with Gasteiger partial charge in [0.2, 0.25) is 0 Å². The molecule has 0 spiro atoms. The van der Waals surface area contributed by atoms with Crippen molar-refractivity contribution in [3.05, 3.63) is 77.9 Å². The van der Waals surface area contributed by atoms with Crippen LogP contribution in [0.25, 0.3) is 10.8 Å². The third kappa shape index (κ3) is 2.66. The zero-order valence-corrected chi connectivity index (χ0v) is 12.4. The van der Waals surface area contributed by atoms with E-state index in [0.29, 0.717) is 0 Å². The Balaban J connectivity index is 2.10. The van der Waals surface area contributed by atoms with Gasteiger partial charge < -0.3 is 11.1 Å². The SMILES string of the molecule is CC(c1ccccc1NC(N)=O)c1cccc2ccccc12. The minimum atomic E-state index is -0.544. The summed E-state index contributed by atoms with van der Waals surface area (Å²) in [5.41, 5.74) is 8.32. The van der Waals surface area contributed by atoms with Crippen LogP contribution in [0.1, 0.15) is 24.0 Å². The lowest BCUT2D eigenvalue weighted by Gasteiger charge is -2.18. The van der Waals surface area contributed by atoms with Gasteiger partial charge in [-0.2, -0.15) is 0 Å². The van der Waals surface area contributed by atoms with Gasteiger partial charge in [0, 0.05) is 11.6 Å². The van der Waals surface area contributed by atoms with E-state index >= 15 is 0 Å². The first-order chi connectivity index (χ1) is 10.7. The Kier molecular flexibility index (Phi) is 3.79. The van der Waals surface area contributed by atoms with Gasteiger partial charge in [-0.15, -0.1) is 0 Å². The van der Waals surface area contributed by atoms with Gasteiger partial charge in [0.05, 0.1) is 0 Å². The molecule has 3 aromatic rings. The van der Waals surface area contributed by atoms with Crippen LogP contribution < -0.4 is 11.1 Å². The second-order valence-electron chi connectivity index (χ2n) is 5.37. The molecule has 22 heavy (non-hydrogen) atoms. The summed E-state index contributed by atoms with van der Waals surface area (Å²) in [5, 5.41) is 5.15. The van der Waals surface area contributed by atoms with Gasteiger partial charge >= 0.3 is 6.03 Å². The predicted octanol–water partition coefficient (Wildman–Crippen LogP) is 4.48. The first-order valence-electron chi connectivity index (χ1n) is 7.30. The van der Waals surface area contributed by atoms with Crippen molar-refractivity contribution in [1.82, 2.24) is 0 Å². The predicted molar refractivity (Wildman–Crippen MR) is 91.1 cm³/mol. The molecular formula is C19H18N2O. The van der Waals surface area contributed by atoms with E-state index in [0.717, 1.165) is 11.3 Å². The molecule has 3 rings (SSSR count). The molecule has 3 heteroatoms. The lowest BCUT2D eigenvalue weighted by Crippen LogP contribution is -2.20. The molecule has 0 aliphatic rings. The molecule has 2 amide bonds. The Morgan fingerprint density at radius 3 is 2.36 bits per heavy atom. The minimum Gasteiger partial charge on any atom is -0.351 e. The van der Waals surface area contributed by atoms with Crippen LogP contribution in [-0.4, -0.2) is 6.03 Å². The van der Waals surface area contributed by atoms with Gasteiger partial charge in [0.15, 0.2) is 0 Å². The number of anilines is 1. The maximum absolute atomic E-state index is 11.2. The molecule has 0 bridgehead atoms. The number of hydrogen-bond acceptors (Lipinski definition) is 1. The van der Waals surface area contributed by atoms with E-state index in [9.17, 15) is 4.79 Å². The smallest absolute Gasteiger partial charge is 0.316 e. The van der Waals surface area contributed by atoms with E-state index < -0.39 is 6.03 Å². The first-order valence-corrected chi connectivity index (χ1v) is 7.30. The van der Waals surface area contributed by atoms with Crippen molar-refractivity contribution < 1.29 is 4.79 Å². The van der Waals surface area contributed by atoms with Crippen molar-refractivity contribution in [3.63, 3.8) is 0 Å². The molecule has 3 aromatic carbocycles. The van der Waals surface area contributed by atoms with Crippen LogP contribution in [-0.2, 0) is 0 Å². The number of carbonyl (C=O) groups excluding carboxylic acids is 1. The summed E-state index contributed by atoms with van der Waals surface area (Å²) in [5.74, 6) is 0.147. The Labute approximate surface area is 129 Å². The van der Waals surface area contributed by atoms with Gasteiger partial charge in [-0.1, -0.05) is 67.6 Å². The van der Waals surface area contributed by atoms with Crippen LogP contribution in [0, 0.1) is 0 Å². The average molecular weight is 290 g/mol. The van der Waals surface area contributed by atoms with E-state index in [4.69, 9.17) is 5.73 Å². The summed E-state index contributed by atoms with van der Waals surface area (Å²) in [4.78, 5) is 11.2. The third-order valence-electron chi connectivity index (χ3n) is 3.98. The fourth-order valence-corrected chi connectivity index (χ4v) is 2.92. The Hall–Kier alpha value is -2.81. The second-order valence-corrected chi connectivity index (χ2v) is 5.37. The monoisotopic (exact) mass is 290 g/mol. The normalized spacial score (nSPS) is 12.0. The topological polar surface area (TPSA) is 55.1 Å². The number of urea groups is 1. The number of nitrogens with one attached hydrogen (secondary N) is 1. The number of amides is 2. The Morgan fingerprint density at radius 2 is 1.55 bits per heavy atom. The first kappa shape index (κ1) is 14.1. The molecule has 0 saturated heterocycles. The van der Waals surface area contributed by atoms with Gasteiger partial charge in [0.1, 0.15) is 0 Å². The fraction of sp³-hybridized carbons (Fsp3) is 0.105. The summed E-state index contributed by atoms with van der Waals surface area (Å²) >= 11 is 0. The highest BCUT2D eigenvalue weighted by atomic mass is 16.2. The van der Waals surface area contributed by atoms with E-state index in [-0.39, 0.29) is 5.92 Å². The largest absolute Gasteiger partial charge is 0.351 e. The lowest BCUT2D eigenvalue weighted by molar-refractivity contribution is 0.259. The fourth-order valence-electron chi connectivity index (χ4n) is 2.92. The minimum absolute atomic E-state index is 0.147. The molecule has 1 atom stereocenters. The zero-order chi connectivity index (χ0) is 15.5. The van der Waals surface area contributed by atoms with E-state index in [2.05, 4.69) is 42.6 Å². The summed E-state index contributed by atoms with van der Waals surface area (Å²) in [7, 11) is 0. The highest BCUT2D eigenvalue weighted by Crippen LogP contribution is 2.33. The second kappa shape index (κ2) is 5.90. The highest BCUT2D eigenvalue weighted by Gasteiger charge is 2.15. The molecule has 1 unspecified atom stereocenters. The molecule has 0 fully saturated rings. The summed E-state index contributed by atoms with van der Waals surface area (Å²) in [6.07, 6.45) is 0. The number of fused-ring (bicyclic) bond motifs is 1. The number of rotatable bonds is 3. The number of nitrogens with two attached hydrogens (primary N) is 1. The van der Waals surface area contributed by atoms with Crippen LogP contribution in [0.2, 0.25) is 0 Å². The van der Waals surface area contributed by atoms with Crippen molar-refractivity contribution in [2.75, 3.05) is 5.32 Å². The number of hydrogen-bond donors (Lipinski definition) is 2. The third-order valence-corrected chi connectivity index (χ3v) is 3.98. The number of benzene rings is 3. The maximum atomic E-state index is 11.2. The lowest BCUT2D eigenvalue weighted by atomic mass is 9.88. The molecule has 3 nitrogen and oxygen atoms in total. The molecule has 0 saturated carbocycles. The van der Waals surface area contributed by atoms with Crippen LogP contribution in [0.3, 0.4) is 0 Å². The van der Waals surface area contributed by atoms with Crippen molar-refractivity contribution in [3.8, 4) is 0 Å².